The van der Waals surface area contributed by atoms with Gasteiger partial charge in [-0.1, -0.05) is 51.9 Å². The summed E-state index contributed by atoms with van der Waals surface area (Å²) < 4.78 is 0. The number of hydrogen-bond acceptors (Lipinski definition) is 1. The molecule has 0 spiro atoms. The lowest BCUT2D eigenvalue weighted by atomic mass is 10.2. The number of hydrogen-bond donors (Lipinski definition) is 0. The Morgan fingerprint density at radius 3 is 2.64 bits per heavy atom. The normalized spacial score (nSPS) is 11.0. The lowest BCUT2D eigenvalue weighted by molar-refractivity contribution is 0.842. The van der Waals surface area contributed by atoms with Gasteiger partial charge in [-0.25, -0.2) is 0 Å². The lowest BCUT2D eigenvalue weighted by Gasteiger charge is -1.96. The highest BCUT2D eigenvalue weighted by Gasteiger charge is 1.96. The first-order valence-electron chi connectivity index (χ1n) is 4.89. The molecule has 2 heteroatoms. The third-order valence-electron chi connectivity index (χ3n) is 1.92. The highest BCUT2D eigenvalue weighted by atomic mass is 31.1. The summed E-state index contributed by atoms with van der Waals surface area (Å²) in [6.45, 7) is 2.15. The van der Waals surface area contributed by atoms with E-state index in [1.54, 1.807) is 0 Å². The van der Waals surface area contributed by atoms with Crippen LogP contribution in [0, 0.1) is 11.3 Å². The third kappa shape index (κ3) is 3.73. The molecule has 0 saturated heterocycles. The van der Waals surface area contributed by atoms with Crippen molar-refractivity contribution in [1.29, 1.82) is 5.26 Å². The van der Waals surface area contributed by atoms with E-state index in [0.717, 1.165) is 32.8 Å². The Hall–Kier alpha value is -1.12. The number of benzene rings is 1. The summed E-state index contributed by atoms with van der Waals surface area (Å²) in [6.07, 6.45) is 3.20. The van der Waals surface area contributed by atoms with E-state index in [1.165, 1.54) is 5.30 Å². The van der Waals surface area contributed by atoms with E-state index >= 15 is 0 Å². The maximum Gasteiger partial charge on any atom is 0.0997 e. The molecule has 0 N–H and O–H groups in total. The summed E-state index contributed by atoms with van der Waals surface area (Å²) in [5.41, 5.74) is 0. The van der Waals surface area contributed by atoms with E-state index in [2.05, 4.69) is 25.1 Å². The number of nitrogens with zero attached hydrogens (tertiary/aromatic N) is 1. The second-order valence-electron chi connectivity index (χ2n) is 3.11. The Bertz CT molecular complexity index is 335. The highest BCUT2D eigenvalue weighted by Crippen LogP contribution is 2.06. The van der Waals surface area contributed by atoms with E-state index < -0.39 is 0 Å². The Labute approximate surface area is 87.2 Å². The molecule has 0 unspecified atom stereocenters. The largest absolute Gasteiger partial charge is 0.192 e. The zero-order chi connectivity index (χ0) is 10.2. The molecule has 0 fully saturated rings. The number of nitriles is 1. The average molecular weight is 203 g/mol. The molecule has 0 aliphatic rings. The second kappa shape index (κ2) is 6.35. The van der Waals surface area contributed by atoms with Crippen LogP contribution >= 0.6 is 8.20 Å². The lowest BCUT2D eigenvalue weighted by Crippen LogP contribution is -1.96. The van der Waals surface area contributed by atoms with E-state index in [0.29, 0.717) is 0 Å². The quantitative estimate of drug-likeness (QED) is 0.689. The van der Waals surface area contributed by atoms with E-state index in [4.69, 9.17) is 5.26 Å². The maximum atomic E-state index is 8.92. The van der Waals surface area contributed by atoms with Gasteiger partial charge < -0.3 is 0 Å². The molecule has 0 heterocycles. The molecule has 0 atom stereocenters. The van der Waals surface area contributed by atoms with Crippen molar-refractivity contribution in [3.05, 3.63) is 30.3 Å². The Kier molecular flexibility index (Phi) is 4.97. The summed E-state index contributed by atoms with van der Waals surface area (Å²) in [7, 11) is 1.07. The molecule has 72 valence electrons. The predicted octanol–water partition coefficient (Wildman–Crippen LogP) is 3.14. The zero-order valence-electron chi connectivity index (χ0n) is 8.40. The van der Waals surface area contributed by atoms with Crippen LogP contribution in [0.1, 0.15) is 26.2 Å². The van der Waals surface area contributed by atoms with Crippen LogP contribution in [0.4, 0.5) is 0 Å². The minimum absolute atomic E-state index is 0.934. The SMILES string of the molecule is CCCCC(C#N)=Pc1ccccc1. The van der Waals surface area contributed by atoms with Crippen molar-refractivity contribution in [2.45, 2.75) is 26.2 Å². The van der Waals surface area contributed by atoms with Gasteiger partial charge in [0.05, 0.1) is 11.4 Å². The van der Waals surface area contributed by atoms with Crippen molar-refractivity contribution in [3.63, 3.8) is 0 Å². The van der Waals surface area contributed by atoms with Gasteiger partial charge in [-0.3, -0.25) is 0 Å². The molecular weight excluding hydrogens is 189 g/mol. The van der Waals surface area contributed by atoms with Crippen molar-refractivity contribution in [2.75, 3.05) is 0 Å². The first-order valence-corrected chi connectivity index (χ1v) is 5.79. The van der Waals surface area contributed by atoms with Gasteiger partial charge in [0.1, 0.15) is 0 Å². The van der Waals surface area contributed by atoms with Crippen LogP contribution in [0.15, 0.2) is 30.3 Å². The molecule has 1 aromatic carbocycles. The number of rotatable bonds is 4. The van der Waals surface area contributed by atoms with Gasteiger partial charge >= 0.3 is 0 Å². The molecule has 0 bridgehead atoms. The fourth-order valence-corrected chi connectivity index (χ4v) is 2.09. The standard InChI is InChI=1S/C12H14NP/c1-2-3-7-12(10-13)14-11-8-5-4-6-9-11/h4-6,8-9H,2-3,7H2,1H3. The van der Waals surface area contributed by atoms with Crippen molar-refractivity contribution in [1.82, 2.24) is 0 Å². The molecule has 0 aliphatic heterocycles. The fourth-order valence-electron chi connectivity index (χ4n) is 1.14. The van der Waals surface area contributed by atoms with Crippen LogP contribution in [-0.2, 0) is 0 Å². The Morgan fingerprint density at radius 1 is 1.36 bits per heavy atom. The van der Waals surface area contributed by atoms with Gasteiger partial charge in [0.25, 0.3) is 0 Å². The van der Waals surface area contributed by atoms with Crippen LogP contribution in [0.5, 0.6) is 0 Å². The minimum atomic E-state index is 0.934. The summed E-state index contributed by atoms with van der Waals surface area (Å²) in [4.78, 5) is 0. The smallest absolute Gasteiger partial charge is 0.0997 e. The van der Waals surface area contributed by atoms with Crippen molar-refractivity contribution in [2.24, 2.45) is 0 Å². The molecule has 0 aliphatic carbocycles. The summed E-state index contributed by atoms with van der Waals surface area (Å²) in [5, 5.41) is 11.1. The molecular formula is C12H14NP. The van der Waals surface area contributed by atoms with Gasteiger partial charge in [-0.2, -0.15) is 5.26 Å². The zero-order valence-corrected chi connectivity index (χ0v) is 9.30. The van der Waals surface area contributed by atoms with Crippen LogP contribution in [0.25, 0.3) is 0 Å². The average Bonchev–Trinajstić information content (AvgIpc) is 2.25. The third-order valence-corrected chi connectivity index (χ3v) is 3.07. The second-order valence-corrected chi connectivity index (χ2v) is 4.39. The fraction of sp³-hybridized carbons (Fsp3) is 0.333. The van der Waals surface area contributed by atoms with Gasteiger partial charge in [-0.05, 0) is 12.8 Å². The summed E-state index contributed by atoms with van der Waals surface area (Å²) in [6, 6.07) is 12.4. The van der Waals surface area contributed by atoms with Crippen molar-refractivity contribution >= 4 is 18.8 Å². The molecule has 0 radical (unpaired) electrons. The molecule has 0 amide bonds. The molecule has 0 aromatic heterocycles. The topological polar surface area (TPSA) is 23.8 Å². The van der Waals surface area contributed by atoms with E-state index in [9.17, 15) is 0 Å². The summed E-state index contributed by atoms with van der Waals surface area (Å²) >= 11 is 0. The van der Waals surface area contributed by atoms with Crippen LogP contribution in [0.3, 0.4) is 0 Å². The monoisotopic (exact) mass is 203 g/mol. The van der Waals surface area contributed by atoms with Gasteiger partial charge in [0.2, 0.25) is 0 Å². The molecule has 1 rings (SSSR count). The summed E-state index contributed by atoms with van der Waals surface area (Å²) in [5.74, 6) is 0. The minimum Gasteiger partial charge on any atom is -0.192 e. The van der Waals surface area contributed by atoms with Gasteiger partial charge in [0.15, 0.2) is 0 Å². The first kappa shape index (κ1) is 11.0. The van der Waals surface area contributed by atoms with Crippen LogP contribution < -0.4 is 5.30 Å². The molecule has 1 nitrogen and oxygen atoms in total. The molecule has 14 heavy (non-hydrogen) atoms. The maximum absolute atomic E-state index is 8.92. The Balaban J connectivity index is 2.70. The van der Waals surface area contributed by atoms with E-state index in [-0.39, 0.29) is 0 Å². The molecule has 0 saturated carbocycles. The van der Waals surface area contributed by atoms with Gasteiger partial charge in [-0.15, -0.1) is 0 Å². The Morgan fingerprint density at radius 2 is 2.07 bits per heavy atom. The number of unbranched alkanes of at least 4 members (excludes halogenated alkanes) is 1. The van der Waals surface area contributed by atoms with Crippen molar-refractivity contribution < 1.29 is 0 Å². The van der Waals surface area contributed by atoms with Crippen LogP contribution in [-0.4, -0.2) is 5.29 Å². The first-order chi connectivity index (χ1) is 6.86. The van der Waals surface area contributed by atoms with Gasteiger partial charge in [0, 0.05) is 5.30 Å². The van der Waals surface area contributed by atoms with Crippen LogP contribution in [0.2, 0.25) is 0 Å². The highest BCUT2D eigenvalue weighted by molar-refractivity contribution is 7.49. The van der Waals surface area contributed by atoms with Crippen molar-refractivity contribution in [3.8, 4) is 6.07 Å². The molecule has 1 aromatic rings. The predicted molar refractivity (Wildman–Crippen MR) is 63.1 cm³/mol. The van der Waals surface area contributed by atoms with E-state index in [1.807, 2.05) is 18.2 Å².